The van der Waals surface area contributed by atoms with Gasteiger partial charge in [-0.3, -0.25) is 0 Å². The molecular formula is C66H40O2. The second kappa shape index (κ2) is 12.7. The van der Waals surface area contributed by atoms with Crippen molar-refractivity contribution in [1.82, 2.24) is 0 Å². The third kappa shape index (κ3) is 4.35. The van der Waals surface area contributed by atoms with Crippen molar-refractivity contribution in [2.45, 2.75) is 24.7 Å². The molecule has 0 atom stereocenters. The smallest absolute Gasteiger partial charge is 0.136 e. The quantitative estimate of drug-likeness (QED) is 0.162. The molecule has 0 N–H and O–H groups in total. The molecule has 1 spiro atoms. The van der Waals surface area contributed by atoms with E-state index in [1.54, 1.807) is 0 Å². The summed E-state index contributed by atoms with van der Waals surface area (Å²) in [6.45, 7) is 4.68. The predicted molar refractivity (Wildman–Crippen MR) is 281 cm³/mol. The highest BCUT2D eigenvalue weighted by atomic mass is 16.3. The summed E-state index contributed by atoms with van der Waals surface area (Å²) in [5, 5.41) is 9.48. The first-order valence-corrected chi connectivity index (χ1v) is 23.8. The minimum absolute atomic E-state index is 0.0794. The zero-order valence-electron chi connectivity index (χ0n) is 37.4. The standard InChI is InChI=1S/C66H40O2/c1-65(2)49-23-11-9-21-45(49)61-53(65)31-33-55-63(61)47-29-27-37(35-57(47)67-55)59-41-17-3-5-19-43(41)60(44-20-6-4-18-42(44)59)38-28-30-48-58(36-38)68-56-34-32-54-62(64(48)56)46-22-10-14-26-52(46)66(54)50-24-12-7-15-39(50)40-16-8-13-25-51(40)66/h3-36H,1-2H3. The largest absolute Gasteiger partial charge is 0.456 e. The van der Waals surface area contributed by atoms with Crippen LogP contribution in [-0.2, 0) is 10.8 Å². The second-order valence-corrected chi connectivity index (χ2v) is 19.7. The van der Waals surface area contributed by atoms with Crippen LogP contribution < -0.4 is 0 Å². The molecule has 2 nitrogen and oxygen atoms in total. The Bertz CT molecular complexity index is 4320. The topological polar surface area (TPSA) is 26.3 Å². The molecule has 0 saturated heterocycles. The normalized spacial score (nSPS) is 14.6. The second-order valence-electron chi connectivity index (χ2n) is 19.7. The molecule has 2 heteroatoms. The van der Waals surface area contributed by atoms with E-state index < -0.39 is 5.41 Å². The maximum absolute atomic E-state index is 6.98. The van der Waals surface area contributed by atoms with E-state index in [1.807, 2.05) is 0 Å². The van der Waals surface area contributed by atoms with Crippen LogP contribution in [0, 0.1) is 0 Å². The summed E-state index contributed by atoms with van der Waals surface area (Å²) in [5.74, 6) is 0. The lowest BCUT2D eigenvalue weighted by atomic mass is 9.70. The van der Waals surface area contributed by atoms with Crippen molar-refractivity contribution in [2.75, 3.05) is 0 Å². The molecule has 316 valence electrons. The minimum Gasteiger partial charge on any atom is -0.456 e. The van der Waals surface area contributed by atoms with Gasteiger partial charge in [0.05, 0.1) is 5.41 Å². The van der Waals surface area contributed by atoms with E-state index >= 15 is 0 Å². The average molecular weight is 865 g/mol. The third-order valence-corrected chi connectivity index (χ3v) is 16.3. The van der Waals surface area contributed by atoms with Crippen LogP contribution in [0.1, 0.15) is 47.2 Å². The van der Waals surface area contributed by atoms with E-state index in [0.29, 0.717) is 0 Å². The lowest BCUT2D eigenvalue weighted by Gasteiger charge is -2.30. The Morgan fingerprint density at radius 3 is 1.16 bits per heavy atom. The van der Waals surface area contributed by atoms with Crippen LogP contribution in [0.3, 0.4) is 0 Å². The molecule has 16 rings (SSSR count). The van der Waals surface area contributed by atoms with Crippen molar-refractivity contribution in [3.63, 3.8) is 0 Å². The van der Waals surface area contributed by atoms with Gasteiger partial charge in [-0.1, -0.05) is 184 Å². The van der Waals surface area contributed by atoms with E-state index in [2.05, 4.69) is 220 Å². The minimum atomic E-state index is -0.408. The predicted octanol–water partition coefficient (Wildman–Crippen LogP) is 17.8. The Balaban J connectivity index is 0.893. The molecule has 0 fully saturated rings. The summed E-state index contributed by atoms with van der Waals surface area (Å²) >= 11 is 0. The van der Waals surface area contributed by atoms with Crippen molar-refractivity contribution in [3.05, 3.63) is 240 Å². The number of benzene rings is 11. The molecule has 3 aliphatic rings. The highest BCUT2D eigenvalue weighted by Gasteiger charge is 2.52. The highest BCUT2D eigenvalue weighted by molar-refractivity contribution is 6.24. The van der Waals surface area contributed by atoms with E-state index in [0.717, 1.165) is 44.2 Å². The molecule has 2 aromatic heterocycles. The first-order chi connectivity index (χ1) is 33.5. The van der Waals surface area contributed by atoms with Crippen LogP contribution in [0.15, 0.2) is 215 Å². The maximum atomic E-state index is 6.98. The first kappa shape index (κ1) is 36.7. The van der Waals surface area contributed by atoms with E-state index in [-0.39, 0.29) is 5.41 Å². The van der Waals surface area contributed by atoms with Gasteiger partial charge < -0.3 is 8.83 Å². The average Bonchev–Trinajstić information content (AvgIpc) is 4.16. The lowest BCUT2D eigenvalue weighted by molar-refractivity contribution is 0.656. The van der Waals surface area contributed by atoms with Gasteiger partial charge in [0.2, 0.25) is 0 Å². The van der Waals surface area contributed by atoms with Gasteiger partial charge in [-0.05, 0) is 147 Å². The van der Waals surface area contributed by atoms with Crippen LogP contribution in [-0.4, -0.2) is 0 Å². The molecule has 13 aromatic rings. The highest BCUT2D eigenvalue weighted by Crippen LogP contribution is 2.64. The molecular weight excluding hydrogens is 825 g/mol. The van der Waals surface area contributed by atoms with E-state index in [9.17, 15) is 0 Å². The van der Waals surface area contributed by atoms with Gasteiger partial charge >= 0.3 is 0 Å². The number of rotatable bonds is 2. The Kier molecular flexibility index (Phi) is 6.86. The number of furan rings is 2. The Morgan fingerprint density at radius 1 is 0.279 bits per heavy atom. The van der Waals surface area contributed by atoms with Gasteiger partial charge in [-0.25, -0.2) is 0 Å². The Hall–Kier alpha value is -8.46. The third-order valence-electron chi connectivity index (χ3n) is 16.3. The van der Waals surface area contributed by atoms with Gasteiger partial charge in [0.1, 0.15) is 22.3 Å². The molecule has 0 amide bonds. The first-order valence-electron chi connectivity index (χ1n) is 23.8. The van der Waals surface area contributed by atoms with Crippen LogP contribution in [0.4, 0.5) is 0 Å². The van der Waals surface area contributed by atoms with E-state index in [1.165, 1.54) is 110 Å². The molecule has 2 heterocycles. The van der Waals surface area contributed by atoms with Crippen molar-refractivity contribution in [1.29, 1.82) is 0 Å². The Labute approximate surface area is 392 Å². The van der Waals surface area contributed by atoms with Crippen LogP contribution in [0.2, 0.25) is 0 Å². The fourth-order valence-electron chi connectivity index (χ4n) is 13.6. The van der Waals surface area contributed by atoms with Crippen molar-refractivity contribution < 1.29 is 8.83 Å². The van der Waals surface area contributed by atoms with Crippen molar-refractivity contribution in [2.24, 2.45) is 0 Å². The summed E-state index contributed by atoms with van der Waals surface area (Å²) in [5.41, 5.74) is 23.7. The van der Waals surface area contributed by atoms with Gasteiger partial charge in [0, 0.05) is 27.0 Å². The zero-order valence-corrected chi connectivity index (χ0v) is 37.4. The summed E-state index contributed by atoms with van der Waals surface area (Å²) in [4.78, 5) is 0. The molecule has 11 aromatic carbocycles. The van der Waals surface area contributed by atoms with Crippen LogP contribution in [0.5, 0.6) is 0 Å². The van der Waals surface area contributed by atoms with Crippen molar-refractivity contribution in [3.8, 4) is 55.6 Å². The summed E-state index contributed by atoms with van der Waals surface area (Å²) < 4.78 is 13.8. The molecule has 0 bridgehead atoms. The molecule has 0 unspecified atom stereocenters. The van der Waals surface area contributed by atoms with E-state index in [4.69, 9.17) is 8.83 Å². The van der Waals surface area contributed by atoms with Gasteiger partial charge in [0.25, 0.3) is 0 Å². The SMILES string of the molecule is CC1(C)c2ccccc2-c2c1ccc1oc3cc(-c4c5ccccc5c(-c5ccc6c(c5)oc5ccc7c(c56)-c5ccccc5C75c6ccccc6-c6ccccc65)c5ccccc45)ccc3c21. The van der Waals surface area contributed by atoms with Gasteiger partial charge in [0.15, 0.2) is 0 Å². The monoisotopic (exact) mass is 864 g/mol. The fourth-order valence-corrected chi connectivity index (χ4v) is 13.6. The molecule has 0 aliphatic heterocycles. The number of hydrogen-bond acceptors (Lipinski definition) is 2. The number of hydrogen-bond donors (Lipinski definition) is 0. The lowest BCUT2D eigenvalue weighted by Crippen LogP contribution is -2.25. The Morgan fingerprint density at radius 2 is 0.662 bits per heavy atom. The van der Waals surface area contributed by atoms with Gasteiger partial charge in [-0.15, -0.1) is 0 Å². The molecule has 68 heavy (non-hydrogen) atoms. The molecule has 3 aliphatic carbocycles. The number of fused-ring (bicyclic) bond motifs is 23. The van der Waals surface area contributed by atoms with Crippen LogP contribution in [0.25, 0.3) is 121 Å². The maximum Gasteiger partial charge on any atom is 0.136 e. The summed E-state index contributed by atoms with van der Waals surface area (Å²) in [7, 11) is 0. The van der Waals surface area contributed by atoms with Crippen molar-refractivity contribution >= 4 is 65.4 Å². The zero-order chi connectivity index (χ0) is 44.6. The molecule has 0 saturated carbocycles. The van der Waals surface area contributed by atoms with Crippen LogP contribution >= 0.6 is 0 Å². The summed E-state index contributed by atoms with van der Waals surface area (Å²) in [6, 6.07) is 76.5. The fraction of sp³-hybridized carbons (Fsp3) is 0.0606. The summed E-state index contributed by atoms with van der Waals surface area (Å²) in [6.07, 6.45) is 0. The molecule has 0 radical (unpaired) electrons. The van der Waals surface area contributed by atoms with Gasteiger partial charge in [-0.2, -0.15) is 0 Å².